The van der Waals surface area contributed by atoms with E-state index in [1.54, 1.807) is 24.3 Å². The molecule has 4 nitrogen and oxygen atoms in total. The first kappa shape index (κ1) is 22.1. The van der Waals surface area contributed by atoms with Gasteiger partial charge in [-0.2, -0.15) is 0 Å². The summed E-state index contributed by atoms with van der Waals surface area (Å²) >= 11 is 0. The zero-order valence-electron chi connectivity index (χ0n) is 20.7. The Hall–Kier alpha value is -4.18. The van der Waals surface area contributed by atoms with Gasteiger partial charge in [0.15, 0.2) is 0 Å². The van der Waals surface area contributed by atoms with Crippen LogP contribution in [0.3, 0.4) is 0 Å². The van der Waals surface area contributed by atoms with E-state index in [0.717, 1.165) is 0 Å². The first-order valence-corrected chi connectivity index (χ1v) is 12.7. The summed E-state index contributed by atoms with van der Waals surface area (Å²) in [5, 5.41) is 0. The van der Waals surface area contributed by atoms with E-state index in [1.165, 1.54) is 33.4 Å². The molecule has 4 aromatic rings. The summed E-state index contributed by atoms with van der Waals surface area (Å²) in [7, 11) is 0. The second kappa shape index (κ2) is 7.91. The third-order valence-electron chi connectivity index (χ3n) is 8.54. The number of fused-ring (bicyclic) bond motifs is 4. The van der Waals surface area contributed by atoms with Crippen LogP contribution in [0.4, 0.5) is 0 Å². The third kappa shape index (κ3) is 2.90. The molecule has 182 valence electrons. The summed E-state index contributed by atoms with van der Waals surface area (Å²) in [6.07, 6.45) is -1.21. The van der Waals surface area contributed by atoms with Gasteiger partial charge in [0.25, 0.3) is 0 Å². The molecule has 0 aliphatic heterocycles. The van der Waals surface area contributed by atoms with Crippen molar-refractivity contribution in [2.75, 3.05) is 0 Å². The first-order valence-electron chi connectivity index (χ1n) is 12.7. The van der Waals surface area contributed by atoms with Crippen LogP contribution in [-0.2, 0) is 14.9 Å². The molecule has 37 heavy (non-hydrogen) atoms. The lowest BCUT2D eigenvalue weighted by molar-refractivity contribution is -0.0318. The lowest BCUT2D eigenvalue weighted by Gasteiger charge is -2.58. The molecular weight excluding hydrogens is 460 g/mol. The van der Waals surface area contributed by atoms with Gasteiger partial charge in [-0.05, 0) is 65.9 Å². The highest BCUT2D eigenvalue weighted by Gasteiger charge is 2.76. The monoisotopic (exact) mass is 486 g/mol. The van der Waals surface area contributed by atoms with E-state index >= 15 is 0 Å². The lowest BCUT2D eigenvalue weighted by atomic mass is 9.43. The summed E-state index contributed by atoms with van der Waals surface area (Å²) < 4.78 is 12.6. The van der Waals surface area contributed by atoms with E-state index in [9.17, 15) is 9.59 Å². The molecule has 0 bridgehead atoms. The van der Waals surface area contributed by atoms with Crippen molar-refractivity contribution in [1.82, 2.24) is 0 Å². The topological polar surface area (TPSA) is 52.6 Å². The van der Waals surface area contributed by atoms with Crippen LogP contribution in [0.1, 0.15) is 65.9 Å². The van der Waals surface area contributed by atoms with Crippen molar-refractivity contribution in [3.63, 3.8) is 0 Å². The molecule has 3 aliphatic rings. The fourth-order valence-electron chi connectivity index (χ4n) is 7.12. The molecule has 7 rings (SSSR count). The number of hydrogen-bond acceptors (Lipinski definition) is 4. The Kier molecular flexibility index (Phi) is 4.71. The van der Waals surface area contributed by atoms with Crippen LogP contribution in [0.15, 0.2) is 97.1 Å². The molecule has 4 aromatic carbocycles. The molecule has 0 aromatic heterocycles. The van der Waals surface area contributed by atoms with Crippen LogP contribution in [0.25, 0.3) is 0 Å². The Morgan fingerprint density at radius 2 is 1.24 bits per heavy atom. The van der Waals surface area contributed by atoms with Crippen LogP contribution in [0.2, 0.25) is 0 Å². The minimum atomic E-state index is -0.605. The number of carbonyl (C=O) groups excluding carboxylic acids is 2. The van der Waals surface area contributed by atoms with Crippen molar-refractivity contribution in [1.29, 1.82) is 0 Å². The van der Waals surface area contributed by atoms with Crippen molar-refractivity contribution in [2.24, 2.45) is 0 Å². The molecule has 1 spiro atoms. The second-order valence-corrected chi connectivity index (χ2v) is 10.4. The van der Waals surface area contributed by atoms with Crippen molar-refractivity contribution < 1.29 is 19.1 Å². The number of esters is 2. The van der Waals surface area contributed by atoms with Gasteiger partial charge in [0.05, 0.1) is 11.1 Å². The molecule has 4 heteroatoms. The minimum Gasteiger partial charge on any atom is -0.454 e. The third-order valence-corrected chi connectivity index (χ3v) is 8.54. The van der Waals surface area contributed by atoms with E-state index in [0.29, 0.717) is 11.1 Å². The number of ether oxygens (including phenoxy) is 2. The Balaban J connectivity index is 1.37. The molecule has 0 amide bonds. The Bertz CT molecular complexity index is 1550. The average molecular weight is 487 g/mol. The summed E-state index contributed by atoms with van der Waals surface area (Å²) in [4.78, 5) is 26.7. The van der Waals surface area contributed by atoms with Gasteiger partial charge in [0, 0.05) is 17.3 Å². The van der Waals surface area contributed by atoms with E-state index < -0.39 is 24.1 Å². The van der Waals surface area contributed by atoms with Crippen LogP contribution in [0, 0.1) is 13.8 Å². The molecule has 1 fully saturated rings. The zero-order valence-corrected chi connectivity index (χ0v) is 20.7. The maximum absolute atomic E-state index is 13.4. The smallest absolute Gasteiger partial charge is 0.338 e. The Labute approximate surface area is 215 Å². The fourth-order valence-corrected chi connectivity index (χ4v) is 7.12. The largest absolute Gasteiger partial charge is 0.454 e. The number of rotatable bonds is 4. The molecule has 0 radical (unpaired) electrons. The molecule has 0 saturated heterocycles. The summed E-state index contributed by atoms with van der Waals surface area (Å²) in [5.41, 5.74) is 7.92. The van der Waals surface area contributed by atoms with E-state index in [2.05, 4.69) is 50.2 Å². The molecule has 3 aliphatic carbocycles. The highest BCUT2D eigenvalue weighted by molar-refractivity contribution is 5.91. The van der Waals surface area contributed by atoms with Gasteiger partial charge in [0.2, 0.25) is 0 Å². The van der Waals surface area contributed by atoms with Crippen molar-refractivity contribution in [2.45, 2.75) is 43.3 Å². The number of carbonyl (C=O) groups is 2. The maximum Gasteiger partial charge on any atom is 0.338 e. The van der Waals surface area contributed by atoms with Crippen LogP contribution < -0.4 is 0 Å². The van der Waals surface area contributed by atoms with Gasteiger partial charge in [-0.1, -0.05) is 78.4 Å². The Morgan fingerprint density at radius 3 is 1.86 bits per heavy atom. The summed E-state index contributed by atoms with van der Waals surface area (Å²) in [5.74, 6) is -0.956. The predicted molar refractivity (Wildman–Crippen MR) is 140 cm³/mol. The second-order valence-electron chi connectivity index (χ2n) is 10.4. The predicted octanol–water partition coefficient (Wildman–Crippen LogP) is 6.25. The van der Waals surface area contributed by atoms with Crippen LogP contribution in [-0.4, -0.2) is 24.1 Å². The van der Waals surface area contributed by atoms with Gasteiger partial charge in [0.1, 0.15) is 12.2 Å². The first-order chi connectivity index (χ1) is 18.0. The SMILES string of the molecule is Cc1ccc2c(c1)C13c4cccc(C)c4[C@@H]1C(OC(=O)c1ccccc1)C(OC(=O)c1ccccc1)C23. The van der Waals surface area contributed by atoms with Gasteiger partial charge in [-0.15, -0.1) is 0 Å². The van der Waals surface area contributed by atoms with Gasteiger partial charge in [-0.3, -0.25) is 0 Å². The number of aryl methyl sites for hydroxylation is 2. The normalized spacial score (nSPS) is 25.9. The van der Waals surface area contributed by atoms with Gasteiger partial charge in [-0.25, -0.2) is 9.59 Å². The molecular formula is C33H26O4. The lowest BCUT2D eigenvalue weighted by Crippen LogP contribution is -2.54. The highest BCUT2D eigenvalue weighted by atomic mass is 16.6. The van der Waals surface area contributed by atoms with Crippen molar-refractivity contribution in [3.05, 3.63) is 142 Å². The summed E-state index contributed by atoms with van der Waals surface area (Å²) in [6, 6.07) is 31.0. The van der Waals surface area contributed by atoms with E-state index in [1.807, 2.05) is 36.4 Å². The molecule has 1 saturated carbocycles. The summed E-state index contributed by atoms with van der Waals surface area (Å²) in [6.45, 7) is 4.21. The number of hydrogen-bond donors (Lipinski definition) is 0. The molecule has 4 unspecified atom stereocenters. The highest BCUT2D eigenvalue weighted by Crippen LogP contribution is 2.77. The molecule has 0 heterocycles. The van der Waals surface area contributed by atoms with E-state index in [4.69, 9.17) is 9.47 Å². The van der Waals surface area contributed by atoms with Gasteiger partial charge < -0.3 is 9.47 Å². The molecule has 0 N–H and O–H groups in total. The molecule has 5 atom stereocenters. The van der Waals surface area contributed by atoms with Crippen LogP contribution >= 0.6 is 0 Å². The average Bonchev–Trinajstić information content (AvgIpc) is 3.09. The zero-order chi connectivity index (χ0) is 25.3. The maximum atomic E-state index is 13.4. The minimum absolute atomic E-state index is 0.0794. The number of benzene rings is 4. The fraction of sp³-hybridized carbons (Fsp3) is 0.212. The van der Waals surface area contributed by atoms with Crippen LogP contribution in [0.5, 0.6) is 0 Å². The van der Waals surface area contributed by atoms with Crippen molar-refractivity contribution >= 4 is 11.9 Å². The Morgan fingerprint density at radius 1 is 0.649 bits per heavy atom. The quantitative estimate of drug-likeness (QED) is 0.320. The van der Waals surface area contributed by atoms with Crippen molar-refractivity contribution in [3.8, 4) is 0 Å². The van der Waals surface area contributed by atoms with Gasteiger partial charge >= 0.3 is 11.9 Å². The van der Waals surface area contributed by atoms with E-state index in [-0.39, 0.29) is 17.3 Å². The standard InChI is InChI=1S/C33H26O4/c1-19-16-17-23-25(18-19)33-24-15-9-10-20(2)26(24)28(33)30(37-32(35)22-13-7-4-8-14-22)29(27(23)33)36-31(34)21-11-5-3-6-12-21/h3-18,27-30H,1-2H3/t27?,28-,29?,30?,33?/m1/s1.